The first-order chi connectivity index (χ1) is 9.36. The summed E-state index contributed by atoms with van der Waals surface area (Å²) in [6.07, 6.45) is 2.32. The predicted molar refractivity (Wildman–Crippen MR) is 81.2 cm³/mol. The summed E-state index contributed by atoms with van der Waals surface area (Å²) in [5, 5.41) is 1.23. The molecule has 1 heteroatoms. The van der Waals surface area contributed by atoms with Crippen molar-refractivity contribution in [2.24, 2.45) is 0 Å². The van der Waals surface area contributed by atoms with E-state index in [1.54, 1.807) is 0 Å². The maximum absolute atomic E-state index is 4.75. The number of pyridine rings is 1. The van der Waals surface area contributed by atoms with Gasteiger partial charge in [0.05, 0.1) is 11.2 Å². The Morgan fingerprint density at radius 3 is 2.53 bits per heavy atom. The molecule has 2 aromatic carbocycles. The molecule has 19 heavy (non-hydrogen) atoms. The van der Waals surface area contributed by atoms with Crippen LogP contribution in [0.1, 0.15) is 18.9 Å². The highest BCUT2D eigenvalue weighted by Crippen LogP contribution is 2.21. The first kappa shape index (κ1) is 11.9. The molecular weight excluding hydrogens is 230 g/mol. The van der Waals surface area contributed by atoms with Crippen molar-refractivity contribution in [2.45, 2.75) is 19.8 Å². The molecule has 0 saturated heterocycles. The van der Waals surface area contributed by atoms with E-state index < -0.39 is 0 Å². The zero-order valence-electron chi connectivity index (χ0n) is 11.1. The highest BCUT2D eigenvalue weighted by atomic mass is 14.7. The van der Waals surface area contributed by atoms with Crippen LogP contribution in [0.4, 0.5) is 0 Å². The van der Waals surface area contributed by atoms with E-state index in [0.29, 0.717) is 0 Å². The smallest absolute Gasteiger partial charge is 0.0709 e. The second-order valence-electron chi connectivity index (χ2n) is 4.84. The number of hydrogen-bond acceptors (Lipinski definition) is 1. The van der Waals surface area contributed by atoms with Crippen molar-refractivity contribution >= 4 is 10.9 Å². The highest BCUT2D eigenvalue weighted by Gasteiger charge is 2.01. The van der Waals surface area contributed by atoms with Crippen LogP contribution in [0.25, 0.3) is 22.2 Å². The monoisotopic (exact) mass is 247 g/mol. The van der Waals surface area contributed by atoms with Crippen molar-refractivity contribution < 1.29 is 0 Å². The first-order valence-corrected chi connectivity index (χ1v) is 6.82. The Hall–Kier alpha value is -2.15. The Bertz CT molecular complexity index is 686. The van der Waals surface area contributed by atoms with Gasteiger partial charge in [0.1, 0.15) is 0 Å². The van der Waals surface area contributed by atoms with Gasteiger partial charge in [-0.2, -0.15) is 0 Å². The topological polar surface area (TPSA) is 12.9 Å². The van der Waals surface area contributed by atoms with Gasteiger partial charge in [0.15, 0.2) is 0 Å². The van der Waals surface area contributed by atoms with E-state index in [0.717, 1.165) is 17.6 Å². The van der Waals surface area contributed by atoms with E-state index in [2.05, 4.69) is 49.4 Å². The Balaban J connectivity index is 2.05. The van der Waals surface area contributed by atoms with Crippen LogP contribution in [0.2, 0.25) is 0 Å². The molecule has 94 valence electrons. The molecule has 0 bridgehead atoms. The molecule has 3 rings (SSSR count). The van der Waals surface area contributed by atoms with Crippen molar-refractivity contribution in [2.75, 3.05) is 0 Å². The lowest BCUT2D eigenvalue weighted by Crippen LogP contribution is -1.87. The third-order valence-electron chi connectivity index (χ3n) is 3.36. The van der Waals surface area contributed by atoms with Gasteiger partial charge in [0, 0.05) is 10.9 Å². The lowest BCUT2D eigenvalue weighted by Gasteiger charge is -2.05. The molecule has 0 spiro atoms. The third-order valence-corrected chi connectivity index (χ3v) is 3.36. The summed E-state index contributed by atoms with van der Waals surface area (Å²) in [6.45, 7) is 2.21. The van der Waals surface area contributed by atoms with Gasteiger partial charge in [-0.15, -0.1) is 0 Å². The molecule has 0 radical (unpaired) electrons. The summed E-state index contributed by atoms with van der Waals surface area (Å²) in [5.41, 5.74) is 4.67. The molecule has 1 nitrogen and oxygen atoms in total. The van der Waals surface area contributed by atoms with E-state index >= 15 is 0 Å². The maximum atomic E-state index is 4.75. The summed E-state index contributed by atoms with van der Waals surface area (Å²) in [5.74, 6) is 0. The fourth-order valence-corrected chi connectivity index (χ4v) is 2.39. The summed E-state index contributed by atoms with van der Waals surface area (Å²) < 4.78 is 0. The number of hydrogen-bond donors (Lipinski definition) is 0. The van der Waals surface area contributed by atoms with Crippen LogP contribution in [-0.2, 0) is 6.42 Å². The van der Waals surface area contributed by atoms with Crippen LogP contribution in [0.3, 0.4) is 0 Å². The predicted octanol–water partition coefficient (Wildman–Crippen LogP) is 4.85. The molecule has 3 aromatic rings. The highest BCUT2D eigenvalue weighted by molar-refractivity contribution is 5.82. The Morgan fingerprint density at radius 2 is 1.74 bits per heavy atom. The van der Waals surface area contributed by atoms with Crippen LogP contribution in [-0.4, -0.2) is 4.98 Å². The van der Waals surface area contributed by atoms with Gasteiger partial charge < -0.3 is 0 Å². The molecular formula is C18H17N. The lowest BCUT2D eigenvalue weighted by molar-refractivity contribution is 0.923. The number of nitrogens with zero attached hydrogens (tertiary/aromatic N) is 1. The molecule has 0 aliphatic rings. The van der Waals surface area contributed by atoms with Crippen molar-refractivity contribution in [3.05, 3.63) is 66.2 Å². The van der Waals surface area contributed by atoms with Gasteiger partial charge >= 0.3 is 0 Å². The van der Waals surface area contributed by atoms with E-state index in [4.69, 9.17) is 4.98 Å². The Morgan fingerprint density at radius 1 is 0.895 bits per heavy atom. The largest absolute Gasteiger partial charge is 0.248 e. The number of rotatable bonds is 3. The number of benzene rings is 2. The average Bonchev–Trinajstić information content (AvgIpc) is 2.48. The molecule has 0 amide bonds. The van der Waals surface area contributed by atoms with Gasteiger partial charge in [-0.1, -0.05) is 55.8 Å². The molecule has 0 aliphatic carbocycles. The van der Waals surface area contributed by atoms with Crippen molar-refractivity contribution in [1.29, 1.82) is 0 Å². The molecule has 0 N–H and O–H groups in total. The quantitative estimate of drug-likeness (QED) is 0.644. The second kappa shape index (κ2) is 5.23. The molecule has 0 fully saturated rings. The molecule has 0 unspecified atom stereocenters. The number of aromatic nitrogens is 1. The van der Waals surface area contributed by atoms with E-state index in [9.17, 15) is 0 Å². The van der Waals surface area contributed by atoms with E-state index in [-0.39, 0.29) is 0 Å². The third kappa shape index (κ3) is 2.50. The maximum Gasteiger partial charge on any atom is 0.0709 e. The van der Waals surface area contributed by atoms with E-state index in [1.807, 2.05) is 18.2 Å². The minimum absolute atomic E-state index is 1.04. The lowest BCUT2D eigenvalue weighted by atomic mass is 10.1. The molecule has 1 aromatic heterocycles. The van der Waals surface area contributed by atoms with Gasteiger partial charge in [0.25, 0.3) is 0 Å². The standard InChI is InChI=1S/C18H17N/c1-2-6-14-9-11-18-16(13-14)10-12-17(19-18)15-7-4-3-5-8-15/h3-5,7-13H,2,6H2,1H3. The molecule has 0 aliphatic heterocycles. The van der Waals surface area contributed by atoms with Crippen LogP contribution >= 0.6 is 0 Å². The van der Waals surface area contributed by atoms with Crippen molar-refractivity contribution in [3.63, 3.8) is 0 Å². The SMILES string of the molecule is CCCc1ccc2nc(-c3ccccc3)ccc2c1. The number of aryl methyl sites for hydroxylation is 1. The minimum atomic E-state index is 1.04. The Kier molecular flexibility index (Phi) is 3.28. The summed E-state index contributed by atoms with van der Waals surface area (Å²) >= 11 is 0. The van der Waals surface area contributed by atoms with Crippen molar-refractivity contribution in [3.8, 4) is 11.3 Å². The summed E-state index contributed by atoms with van der Waals surface area (Å²) in [6, 6.07) is 21.2. The zero-order chi connectivity index (χ0) is 13.1. The minimum Gasteiger partial charge on any atom is -0.248 e. The average molecular weight is 247 g/mol. The fraction of sp³-hybridized carbons (Fsp3) is 0.167. The van der Waals surface area contributed by atoms with Crippen LogP contribution in [0.15, 0.2) is 60.7 Å². The van der Waals surface area contributed by atoms with Gasteiger partial charge in [-0.25, -0.2) is 4.98 Å². The first-order valence-electron chi connectivity index (χ1n) is 6.82. The summed E-state index contributed by atoms with van der Waals surface area (Å²) in [7, 11) is 0. The van der Waals surface area contributed by atoms with Gasteiger partial charge in [-0.3, -0.25) is 0 Å². The van der Waals surface area contributed by atoms with Gasteiger partial charge in [0.2, 0.25) is 0 Å². The van der Waals surface area contributed by atoms with Crippen LogP contribution in [0.5, 0.6) is 0 Å². The van der Waals surface area contributed by atoms with Crippen LogP contribution < -0.4 is 0 Å². The van der Waals surface area contributed by atoms with E-state index in [1.165, 1.54) is 22.9 Å². The van der Waals surface area contributed by atoms with Crippen LogP contribution in [0, 0.1) is 0 Å². The number of fused-ring (bicyclic) bond motifs is 1. The summed E-state index contributed by atoms with van der Waals surface area (Å²) in [4.78, 5) is 4.75. The second-order valence-corrected chi connectivity index (χ2v) is 4.84. The van der Waals surface area contributed by atoms with Crippen molar-refractivity contribution in [1.82, 2.24) is 4.98 Å². The molecule has 0 atom stereocenters. The fourth-order valence-electron chi connectivity index (χ4n) is 2.39. The molecule has 1 heterocycles. The normalized spacial score (nSPS) is 10.8. The Labute approximate surface area is 113 Å². The zero-order valence-corrected chi connectivity index (χ0v) is 11.1. The molecule has 0 saturated carbocycles. The van der Waals surface area contributed by atoms with Gasteiger partial charge in [-0.05, 0) is 30.2 Å².